The lowest BCUT2D eigenvalue weighted by atomic mass is 10.2. The molecule has 0 fully saturated rings. The Morgan fingerprint density at radius 1 is 1.37 bits per heavy atom. The van der Waals surface area contributed by atoms with Crippen LogP contribution in [0.25, 0.3) is 0 Å². The summed E-state index contributed by atoms with van der Waals surface area (Å²) in [5, 5.41) is 7.75. The number of nitrogens with zero attached hydrogens (tertiary/aromatic N) is 2. The molecule has 0 atom stereocenters. The third kappa shape index (κ3) is 4.04. The molecule has 0 aliphatic carbocycles. The molecule has 0 saturated heterocycles. The summed E-state index contributed by atoms with van der Waals surface area (Å²) in [7, 11) is 2.10. The minimum Gasteiger partial charge on any atom is -0.355 e. The smallest absolute Gasteiger partial charge is 0.133 e. The molecule has 2 aromatic heterocycles. The molecule has 0 radical (unpaired) electrons. The zero-order valence-electron chi connectivity index (χ0n) is 11.6. The second-order valence-electron chi connectivity index (χ2n) is 4.65. The molecular weight excluding hydrogens is 254 g/mol. The zero-order chi connectivity index (χ0) is 13.5. The van der Waals surface area contributed by atoms with E-state index in [1.165, 1.54) is 11.1 Å². The molecule has 102 valence electrons. The molecule has 3 nitrogen and oxygen atoms in total. The number of thiophene rings is 1. The Balaban J connectivity index is 2.05. The average Bonchev–Trinajstić information content (AvgIpc) is 2.92. The summed E-state index contributed by atoms with van der Waals surface area (Å²) in [5.41, 5.74) is 2.60. The molecular formula is C15H21N3S. The van der Waals surface area contributed by atoms with E-state index in [0.29, 0.717) is 0 Å². The fourth-order valence-electron chi connectivity index (χ4n) is 2.04. The van der Waals surface area contributed by atoms with Crippen molar-refractivity contribution in [1.82, 2.24) is 10.3 Å². The molecule has 2 aromatic rings. The standard InChI is InChI=1S/C15H21N3S/c1-3-7-16-10-14-5-4-8-17-15(14)18(2)11-13-6-9-19-12-13/h4-6,8-9,12,16H,3,7,10-11H2,1-2H3. The van der Waals surface area contributed by atoms with Crippen LogP contribution in [0.5, 0.6) is 0 Å². The zero-order valence-corrected chi connectivity index (χ0v) is 12.4. The second kappa shape index (κ2) is 7.26. The quantitative estimate of drug-likeness (QED) is 0.786. The van der Waals surface area contributed by atoms with Gasteiger partial charge < -0.3 is 10.2 Å². The van der Waals surface area contributed by atoms with Gasteiger partial charge in [0.15, 0.2) is 0 Å². The first-order chi connectivity index (χ1) is 9.31. The highest BCUT2D eigenvalue weighted by Crippen LogP contribution is 2.18. The maximum Gasteiger partial charge on any atom is 0.133 e. The fraction of sp³-hybridized carbons (Fsp3) is 0.400. The molecule has 2 rings (SSSR count). The molecule has 2 heterocycles. The van der Waals surface area contributed by atoms with Crippen molar-refractivity contribution in [3.05, 3.63) is 46.3 Å². The first-order valence-corrected chi connectivity index (χ1v) is 7.62. The van der Waals surface area contributed by atoms with Gasteiger partial charge in [-0.1, -0.05) is 13.0 Å². The van der Waals surface area contributed by atoms with Gasteiger partial charge in [-0.15, -0.1) is 0 Å². The van der Waals surface area contributed by atoms with Gasteiger partial charge in [-0.2, -0.15) is 11.3 Å². The van der Waals surface area contributed by atoms with Crippen LogP contribution in [-0.2, 0) is 13.1 Å². The van der Waals surface area contributed by atoms with Crippen molar-refractivity contribution in [2.45, 2.75) is 26.4 Å². The molecule has 0 aliphatic heterocycles. The molecule has 0 aromatic carbocycles. The molecule has 0 unspecified atom stereocenters. The Bertz CT molecular complexity index is 482. The lowest BCUT2D eigenvalue weighted by Crippen LogP contribution is -2.22. The molecule has 0 spiro atoms. The van der Waals surface area contributed by atoms with Crippen LogP contribution >= 0.6 is 11.3 Å². The molecule has 1 N–H and O–H groups in total. The molecule has 0 bridgehead atoms. The van der Waals surface area contributed by atoms with E-state index in [4.69, 9.17) is 0 Å². The topological polar surface area (TPSA) is 28.2 Å². The van der Waals surface area contributed by atoms with Crippen molar-refractivity contribution in [3.63, 3.8) is 0 Å². The lowest BCUT2D eigenvalue weighted by Gasteiger charge is -2.20. The van der Waals surface area contributed by atoms with Gasteiger partial charge in [-0.05, 0) is 41.4 Å². The van der Waals surface area contributed by atoms with Crippen molar-refractivity contribution in [3.8, 4) is 0 Å². The van der Waals surface area contributed by atoms with Crippen LogP contribution < -0.4 is 10.2 Å². The Kier molecular flexibility index (Phi) is 5.36. The fourth-order valence-corrected chi connectivity index (χ4v) is 2.70. The molecule has 4 heteroatoms. The summed E-state index contributed by atoms with van der Waals surface area (Å²) >= 11 is 1.74. The number of aromatic nitrogens is 1. The van der Waals surface area contributed by atoms with E-state index in [0.717, 1.165) is 31.9 Å². The van der Waals surface area contributed by atoms with E-state index in [-0.39, 0.29) is 0 Å². The minimum absolute atomic E-state index is 0.880. The van der Waals surface area contributed by atoms with Gasteiger partial charge >= 0.3 is 0 Å². The summed E-state index contributed by atoms with van der Waals surface area (Å²) in [6.45, 7) is 5.01. The second-order valence-corrected chi connectivity index (χ2v) is 5.43. The molecule has 0 amide bonds. The van der Waals surface area contributed by atoms with Gasteiger partial charge in [0.2, 0.25) is 0 Å². The molecule has 19 heavy (non-hydrogen) atoms. The molecule has 0 saturated carbocycles. The van der Waals surface area contributed by atoms with E-state index < -0.39 is 0 Å². The average molecular weight is 275 g/mol. The maximum absolute atomic E-state index is 4.53. The summed E-state index contributed by atoms with van der Waals surface area (Å²) in [6, 6.07) is 6.32. The third-order valence-electron chi connectivity index (χ3n) is 2.97. The van der Waals surface area contributed by atoms with E-state index in [1.54, 1.807) is 11.3 Å². The third-order valence-corrected chi connectivity index (χ3v) is 3.70. The monoisotopic (exact) mass is 275 g/mol. The van der Waals surface area contributed by atoms with Crippen LogP contribution in [0.2, 0.25) is 0 Å². The lowest BCUT2D eigenvalue weighted by molar-refractivity contribution is 0.671. The Morgan fingerprint density at radius 3 is 3.00 bits per heavy atom. The van der Waals surface area contributed by atoms with Gasteiger partial charge in [-0.25, -0.2) is 4.98 Å². The van der Waals surface area contributed by atoms with Crippen molar-refractivity contribution < 1.29 is 0 Å². The van der Waals surface area contributed by atoms with Crippen LogP contribution in [0.4, 0.5) is 5.82 Å². The van der Waals surface area contributed by atoms with E-state index in [2.05, 4.69) is 52.1 Å². The number of hydrogen-bond donors (Lipinski definition) is 1. The predicted octanol–water partition coefficient (Wildman–Crippen LogP) is 3.28. The first-order valence-electron chi connectivity index (χ1n) is 6.68. The number of nitrogens with one attached hydrogen (secondary N) is 1. The first kappa shape index (κ1) is 14.0. The van der Waals surface area contributed by atoms with Gasteiger partial charge in [0.25, 0.3) is 0 Å². The van der Waals surface area contributed by atoms with Crippen molar-refractivity contribution >= 4 is 17.2 Å². The normalized spacial score (nSPS) is 10.6. The van der Waals surface area contributed by atoms with Gasteiger partial charge in [0, 0.05) is 31.9 Å². The summed E-state index contributed by atoms with van der Waals surface area (Å²) < 4.78 is 0. The highest BCUT2D eigenvalue weighted by Gasteiger charge is 2.09. The van der Waals surface area contributed by atoms with Gasteiger partial charge in [0.1, 0.15) is 5.82 Å². The van der Waals surface area contributed by atoms with Crippen LogP contribution in [0.3, 0.4) is 0 Å². The summed E-state index contributed by atoms with van der Waals surface area (Å²) in [4.78, 5) is 6.74. The SMILES string of the molecule is CCCNCc1cccnc1N(C)Cc1ccsc1. The highest BCUT2D eigenvalue weighted by molar-refractivity contribution is 7.07. The van der Waals surface area contributed by atoms with Crippen molar-refractivity contribution in [2.75, 3.05) is 18.5 Å². The largest absolute Gasteiger partial charge is 0.355 e. The van der Waals surface area contributed by atoms with Crippen LogP contribution in [0.15, 0.2) is 35.2 Å². The number of hydrogen-bond acceptors (Lipinski definition) is 4. The van der Waals surface area contributed by atoms with E-state index in [9.17, 15) is 0 Å². The van der Waals surface area contributed by atoms with Crippen molar-refractivity contribution in [2.24, 2.45) is 0 Å². The Hall–Kier alpha value is -1.39. The molecule has 0 aliphatic rings. The predicted molar refractivity (Wildman–Crippen MR) is 82.7 cm³/mol. The number of anilines is 1. The minimum atomic E-state index is 0.880. The van der Waals surface area contributed by atoms with Crippen LogP contribution in [-0.4, -0.2) is 18.6 Å². The maximum atomic E-state index is 4.53. The van der Waals surface area contributed by atoms with E-state index in [1.807, 2.05) is 12.3 Å². The van der Waals surface area contributed by atoms with Crippen LogP contribution in [0, 0.1) is 0 Å². The summed E-state index contributed by atoms with van der Waals surface area (Å²) in [5.74, 6) is 1.07. The highest BCUT2D eigenvalue weighted by atomic mass is 32.1. The van der Waals surface area contributed by atoms with Crippen molar-refractivity contribution in [1.29, 1.82) is 0 Å². The van der Waals surface area contributed by atoms with E-state index >= 15 is 0 Å². The Labute approximate surface area is 119 Å². The summed E-state index contributed by atoms with van der Waals surface area (Å²) in [6.07, 6.45) is 3.02. The number of rotatable bonds is 7. The van der Waals surface area contributed by atoms with Gasteiger partial charge in [-0.3, -0.25) is 0 Å². The Morgan fingerprint density at radius 2 is 2.26 bits per heavy atom. The number of pyridine rings is 1. The van der Waals surface area contributed by atoms with Crippen LogP contribution in [0.1, 0.15) is 24.5 Å². The van der Waals surface area contributed by atoms with Gasteiger partial charge in [0.05, 0.1) is 0 Å².